The second kappa shape index (κ2) is 6.58. The molecule has 100 valence electrons. The Labute approximate surface area is 114 Å². The van der Waals surface area contributed by atoms with Crippen molar-refractivity contribution in [1.82, 2.24) is 5.32 Å². The Bertz CT molecular complexity index is 440. The third-order valence-corrected chi connectivity index (χ3v) is 3.04. The summed E-state index contributed by atoms with van der Waals surface area (Å²) in [5.74, 6) is -0.501. The zero-order valence-electron chi connectivity index (χ0n) is 10.5. The second-order valence-electron chi connectivity index (χ2n) is 4.03. The van der Waals surface area contributed by atoms with Crippen LogP contribution >= 0.6 is 15.9 Å². The van der Waals surface area contributed by atoms with E-state index in [2.05, 4.69) is 21.2 Å². The highest BCUT2D eigenvalue weighted by molar-refractivity contribution is 9.10. The number of nitrogens with one attached hydrogen (secondary N) is 1. The van der Waals surface area contributed by atoms with Gasteiger partial charge in [0.15, 0.2) is 0 Å². The molecule has 3 N–H and O–H groups in total. The third-order valence-electron chi connectivity index (χ3n) is 2.43. The topological polar surface area (TPSA) is 58.4 Å². The summed E-state index contributed by atoms with van der Waals surface area (Å²) in [6.07, 6.45) is 0.889. The van der Waals surface area contributed by atoms with Crippen molar-refractivity contribution in [3.8, 4) is 0 Å². The molecule has 1 aromatic rings. The number of carbonyl (C=O) groups excluding carboxylic acids is 1. The first-order chi connectivity index (χ1) is 8.45. The van der Waals surface area contributed by atoms with Crippen LogP contribution in [0.4, 0.5) is 15.8 Å². The van der Waals surface area contributed by atoms with Crippen molar-refractivity contribution in [3.05, 3.63) is 22.4 Å². The zero-order valence-corrected chi connectivity index (χ0v) is 12.1. The number of anilines is 2. The van der Waals surface area contributed by atoms with Crippen LogP contribution in [-0.2, 0) is 4.79 Å². The average molecular weight is 318 g/mol. The average Bonchev–Trinajstić information content (AvgIpc) is 2.31. The minimum atomic E-state index is -0.417. The molecule has 0 aliphatic rings. The summed E-state index contributed by atoms with van der Waals surface area (Å²) in [5.41, 5.74) is 6.66. The number of nitrogens with two attached hydrogens (primary N) is 1. The normalized spacial score (nSPS) is 10.2. The van der Waals surface area contributed by atoms with Crippen LogP contribution in [0.25, 0.3) is 0 Å². The fourth-order valence-electron chi connectivity index (χ4n) is 1.50. The monoisotopic (exact) mass is 317 g/mol. The lowest BCUT2D eigenvalue weighted by atomic mass is 10.2. The molecule has 0 unspecified atom stereocenters. The van der Waals surface area contributed by atoms with Gasteiger partial charge in [0.25, 0.3) is 0 Å². The Balaban J connectivity index is 2.75. The number of hydrogen-bond acceptors (Lipinski definition) is 3. The molecule has 0 heterocycles. The molecule has 0 radical (unpaired) electrons. The Morgan fingerprint density at radius 3 is 2.83 bits per heavy atom. The first-order valence-electron chi connectivity index (χ1n) is 5.68. The molecular weight excluding hydrogens is 301 g/mol. The van der Waals surface area contributed by atoms with Crippen molar-refractivity contribution in [2.75, 3.05) is 30.8 Å². The van der Waals surface area contributed by atoms with Crippen LogP contribution in [0.5, 0.6) is 0 Å². The van der Waals surface area contributed by atoms with E-state index in [1.54, 1.807) is 18.0 Å². The lowest BCUT2D eigenvalue weighted by Gasteiger charge is -2.21. The summed E-state index contributed by atoms with van der Waals surface area (Å²) in [5, 5.41) is 2.77. The molecule has 0 saturated carbocycles. The van der Waals surface area contributed by atoms with Gasteiger partial charge >= 0.3 is 0 Å². The van der Waals surface area contributed by atoms with Gasteiger partial charge in [-0.05, 0) is 28.4 Å². The van der Waals surface area contributed by atoms with E-state index in [1.165, 1.54) is 6.07 Å². The van der Waals surface area contributed by atoms with Gasteiger partial charge in [0.2, 0.25) is 5.91 Å². The highest BCUT2D eigenvalue weighted by Gasteiger charge is 2.12. The fourth-order valence-corrected chi connectivity index (χ4v) is 1.83. The molecule has 0 aliphatic heterocycles. The van der Waals surface area contributed by atoms with Crippen LogP contribution in [0.2, 0.25) is 0 Å². The summed E-state index contributed by atoms with van der Waals surface area (Å²) >= 11 is 3.10. The van der Waals surface area contributed by atoms with Crippen LogP contribution in [0.15, 0.2) is 16.6 Å². The van der Waals surface area contributed by atoms with Crippen LogP contribution < -0.4 is 16.0 Å². The zero-order chi connectivity index (χ0) is 13.7. The van der Waals surface area contributed by atoms with Crippen molar-refractivity contribution >= 4 is 33.2 Å². The number of rotatable bonds is 5. The van der Waals surface area contributed by atoms with Crippen LogP contribution in [0.3, 0.4) is 0 Å². The van der Waals surface area contributed by atoms with Gasteiger partial charge in [0.1, 0.15) is 5.82 Å². The highest BCUT2D eigenvalue weighted by atomic mass is 79.9. The molecule has 1 aromatic carbocycles. The molecule has 0 fully saturated rings. The summed E-state index contributed by atoms with van der Waals surface area (Å²) in [6.45, 7) is 2.82. The molecule has 0 aromatic heterocycles. The SMILES string of the molecule is CCCNC(=O)CN(C)c1cc(Br)c(F)cc1N. The lowest BCUT2D eigenvalue weighted by Crippen LogP contribution is -2.35. The van der Waals surface area contributed by atoms with Crippen LogP contribution in [0, 0.1) is 5.82 Å². The molecule has 0 saturated heterocycles. The minimum absolute atomic E-state index is 0.0841. The second-order valence-corrected chi connectivity index (χ2v) is 4.89. The summed E-state index contributed by atoms with van der Waals surface area (Å²) < 4.78 is 13.6. The van der Waals surface area contributed by atoms with Gasteiger partial charge in [-0.25, -0.2) is 4.39 Å². The number of nitrogen functional groups attached to an aromatic ring is 1. The minimum Gasteiger partial charge on any atom is -0.397 e. The molecule has 6 heteroatoms. The van der Waals surface area contributed by atoms with Crippen molar-refractivity contribution in [3.63, 3.8) is 0 Å². The molecule has 4 nitrogen and oxygen atoms in total. The van der Waals surface area contributed by atoms with E-state index < -0.39 is 5.82 Å². The van der Waals surface area contributed by atoms with Gasteiger partial charge in [-0.15, -0.1) is 0 Å². The molecule has 0 aliphatic carbocycles. The Kier molecular flexibility index (Phi) is 5.40. The first-order valence-corrected chi connectivity index (χ1v) is 6.47. The standard InChI is InChI=1S/C12H17BrFN3O/c1-3-4-16-12(18)7-17(2)11-5-8(13)9(14)6-10(11)15/h5-6H,3-4,7,15H2,1-2H3,(H,16,18). The number of carbonyl (C=O) groups is 1. The molecule has 1 amide bonds. The molecule has 0 bridgehead atoms. The molecule has 1 rings (SSSR count). The Morgan fingerprint density at radius 1 is 1.56 bits per heavy atom. The van der Waals surface area contributed by atoms with E-state index in [-0.39, 0.29) is 12.5 Å². The van der Waals surface area contributed by atoms with E-state index in [1.807, 2.05) is 6.92 Å². The number of benzene rings is 1. The van der Waals surface area contributed by atoms with E-state index in [9.17, 15) is 9.18 Å². The maximum Gasteiger partial charge on any atom is 0.239 e. The molecule has 0 spiro atoms. The fraction of sp³-hybridized carbons (Fsp3) is 0.417. The summed E-state index contributed by atoms with van der Waals surface area (Å²) in [4.78, 5) is 13.3. The maximum atomic E-state index is 13.2. The van der Waals surface area contributed by atoms with E-state index in [0.717, 1.165) is 6.42 Å². The van der Waals surface area contributed by atoms with Crippen LogP contribution in [-0.4, -0.2) is 26.0 Å². The largest absolute Gasteiger partial charge is 0.397 e. The Morgan fingerprint density at radius 2 is 2.22 bits per heavy atom. The van der Waals surface area contributed by atoms with Crippen molar-refractivity contribution < 1.29 is 9.18 Å². The molecular formula is C12H17BrFN3O. The smallest absolute Gasteiger partial charge is 0.239 e. The molecule has 18 heavy (non-hydrogen) atoms. The van der Waals surface area contributed by atoms with Crippen molar-refractivity contribution in [1.29, 1.82) is 0 Å². The van der Waals surface area contributed by atoms with Gasteiger partial charge < -0.3 is 16.0 Å². The molecule has 0 atom stereocenters. The number of likely N-dealkylation sites (N-methyl/N-ethyl adjacent to an activating group) is 1. The quantitative estimate of drug-likeness (QED) is 0.818. The number of amides is 1. The lowest BCUT2D eigenvalue weighted by molar-refractivity contribution is -0.119. The maximum absolute atomic E-state index is 13.2. The summed E-state index contributed by atoms with van der Waals surface area (Å²) in [7, 11) is 1.74. The van der Waals surface area contributed by atoms with Gasteiger partial charge in [-0.2, -0.15) is 0 Å². The number of nitrogens with zero attached hydrogens (tertiary/aromatic N) is 1. The van der Waals surface area contributed by atoms with Gasteiger partial charge in [-0.1, -0.05) is 6.92 Å². The number of halogens is 2. The van der Waals surface area contributed by atoms with Gasteiger partial charge in [0.05, 0.1) is 22.4 Å². The predicted molar refractivity (Wildman–Crippen MR) is 75.1 cm³/mol. The highest BCUT2D eigenvalue weighted by Crippen LogP contribution is 2.28. The van der Waals surface area contributed by atoms with E-state index >= 15 is 0 Å². The third kappa shape index (κ3) is 3.87. The van der Waals surface area contributed by atoms with Gasteiger partial charge in [-0.3, -0.25) is 4.79 Å². The summed E-state index contributed by atoms with van der Waals surface area (Å²) in [6, 6.07) is 2.80. The van der Waals surface area contributed by atoms with E-state index in [0.29, 0.717) is 22.4 Å². The van der Waals surface area contributed by atoms with Crippen molar-refractivity contribution in [2.45, 2.75) is 13.3 Å². The van der Waals surface area contributed by atoms with Gasteiger partial charge in [0, 0.05) is 19.7 Å². The Hall–Kier alpha value is -1.30. The number of hydrogen-bond donors (Lipinski definition) is 2. The van der Waals surface area contributed by atoms with Crippen LogP contribution in [0.1, 0.15) is 13.3 Å². The van der Waals surface area contributed by atoms with Crippen molar-refractivity contribution in [2.24, 2.45) is 0 Å². The first kappa shape index (κ1) is 14.8. The predicted octanol–water partition coefficient (Wildman–Crippen LogP) is 2.13. The van der Waals surface area contributed by atoms with E-state index in [4.69, 9.17) is 5.73 Å².